The van der Waals surface area contributed by atoms with Crippen LogP contribution in [0.25, 0.3) is 0 Å². The Labute approximate surface area is 88.5 Å². The molecule has 0 N–H and O–H groups in total. The van der Waals surface area contributed by atoms with Crippen LogP contribution in [0.1, 0.15) is 0 Å². The van der Waals surface area contributed by atoms with Crippen LogP contribution in [0.3, 0.4) is 0 Å². The number of benzene rings is 1. The van der Waals surface area contributed by atoms with E-state index in [-0.39, 0.29) is 5.02 Å². The Balaban J connectivity index is 2.98. The highest BCUT2D eigenvalue weighted by Gasteiger charge is 2.48. The predicted octanol–water partition coefficient (Wildman–Crippen LogP) is 2.57. The number of rotatable bonds is 2. The van der Waals surface area contributed by atoms with E-state index in [1.165, 1.54) is 12.1 Å². The van der Waals surface area contributed by atoms with Gasteiger partial charge in [-0.05, 0) is 12.1 Å². The molecule has 0 saturated carbocycles. The molecule has 0 spiro atoms. The summed E-state index contributed by atoms with van der Waals surface area (Å²) in [6, 6.07) is 4.65. The van der Waals surface area contributed by atoms with Gasteiger partial charge >= 0.3 is 15.6 Å². The van der Waals surface area contributed by atoms with E-state index < -0.39 is 21.4 Å². The first-order valence-corrected chi connectivity index (χ1v) is 5.27. The summed E-state index contributed by atoms with van der Waals surface area (Å²) in [6.45, 7) is 0. The third-order valence-corrected chi connectivity index (χ3v) is 2.50. The minimum absolute atomic E-state index is 0.0740. The molecule has 0 saturated heterocycles. The van der Waals surface area contributed by atoms with Gasteiger partial charge in [0.2, 0.25) is 0 Å². The van der Waals surface area contributed by atoms with E-state index in [1.807, 2.05) is 0 Å². The number of hydrogen-bond donors (Lipinski definition) is 0. The summed E-state index contributed by atoms with van der Waals surface area (Å²) in [5.74, 6) is -0.486. The molecule has 1 aromatic carbocycles. The molecule has 0 aromatic heterocycles. The fraction of sp³-hybridized carbons (Fsp3) is 0.143. The number of halogens is 4. The lowest BCUT2D eigenvalue weighted by atomic mass is 10.3. The van der Waals surface area contributed by atoms with Crippen molar-refractivity contribution in [1.82, 2.24) is 0 Å². The van der Waals surface area contributed by atoms with Gasteiger partial charge in [0.15, 0.2) is 0 Å². The van der Waals surface area contributed by atoms with Crippen LogP contribution in [0.4, 0.5) is 13.2 Å². The smallest absolute Gasteiger partial charge is 0.376 e. The fourth-order valence-electron chi connectivity index (χ4n) is 0.693. The van der Waals surface area contributed by atoms with Gasteiger partial charge in [-0.25, -0.2) is 0 Å². The fourth-order valence-corrected chi connectivity index (χ4v) is 1.32. The van der Waals surface area contributed by atoms with Crippen molar-refractivity contribution < 1.29 is 25.8 Å². The van der Waals surface area contributed by atoms with Crippen LogP contribution in [0, 0.1) is 0 Å². The molecule has 84 valence electrons. The van der Waals surface area contributed by atoms with Crippen molar-refractivity contribution in [1.29, 1.82) is 0 Å². The third-order valence-electron chi connectivity index (χ3n) is 1.29. The van der Waals surface area contributed by atoms with Crippen molar-refractivity contribution in [3.05, 3.63) is 29.3 Å². The van der Waals surface area contributed by atoms with E-state index in [0.717, 1.165) is 12.1 Å². The summed E-state index contributed by atoms with van der Waals surface area (Å²) in [5.41, 5.74) is -5.45. The first kappa shape index (κ1) is 12.1. The zero-order chi connectivity index (χ0) is 11.7. The molecule has 0 radical (unpaired) electrons. The maximum Gasteiger partial charge on any atom is 0.534 e. The minimum Gasteiger partial charge on any atom is -0.376 e. The molecular weight excluding hydrogens is 257 g/mol. The monoisotopic (exact) mass is 260 g/mol. The van der Waals surface area contributed by atoms with Crippen LogP contribution in [0.15, 0.2) is 24.3 Å². The van der Waals surface area contributed by atoms with Gasteiger partial charge in [0, 0.05) is 11.1 Å². The predicted molar refractivity (Wildman–Crippen MR) is 47.1 cm³/mol. The summed E-state index contributed by atoms with van der Waals surface area (Å²) >= 11 is 5.43. The summed E-state index contributed by atoms with van der Waals surface area (Å²) in [4.78, 5) is 0. The second-order valence-corrected chi connectivity index (χ2v) is 4.41. The topological polar surface area (TPSA) is 43.4 Å². The molecule has 3 nitrogen and oxygen atoms in total. The van der Waals surface area contributed by atoms with Crippen LogP contribution in [0.2, 0.25) is 5.02 Å². The Morgan fingerprint density at radius 2 is 1.87 bits per heavy atom. The van der Waals surface area contributed by atoms with Crippen molar-refractivity contribution in [2.45, 2.75) is 5.51 Å². The standard InChI is InChI=1S/C7H4ClF3O3S/c8-5-2-1-3-6(4-5)14-15(12,13)7(9,10)11/h1-4H. The maximum absolute atomic E-state index is 11.9. The van der Waals surface area contributed by atoms with E-state index in [4.69, 9.17) is 11.6 Å². The van der Waals surface area contributed by atoms with Gasteiger partial charge in [-0.1, -0.05) is 17.7 Å². The SMILES string of the molecule is O=S(=O)(Oc1cccc(Cl)c1)C(F)(F)F. The first-order chi connectivity index (χ1) is 6.72. The Hall–Kier alpha value is -0.950. The lowest BCUT2D eigenvalue weighted by molar-refractivity contribution is -0.0500. The number of alkyl halides is 3. The second kappa shape index (κ2) is 3.90. The van der Waals surface area contributed by atoms with Crippen molar-refractivity contribution in [2.24, 2.45) is 0 Å². The van der Waals surface area contributed by atoms with E-state index >= 15 is 0 Å². The van der Waals surface area contributed by atoms with Crippen molar-refractivity contribution in [3.8, 4) is 5.75 Å². The minimum atomic E-state index is -5.63. The maximum atomic E-state index is 11.9. The van der Waals surface area contributed by atoms with E-state index in [1.54, 1.807) is 0 Å². The molecule has 0 amide bonds. The lowest BCUT2D eigenvalue weighted by Crippen LogP contribution is -2.28. The molecule has 0 aliphatic rings. The average Bonchev–Trinajstić information content (AvgIpc) is 2.00. The van der Waals surface area contributed by atoms with Gasteiger partial charge in [0.05, 0.1) is 0 Å². The Bertz CT molecular complexity index is 455. The van der Waals surface area contributed by atoms with E-state index in [0.29, 0.717) is 0 Å². The molecule has 0 aliphatic carbocycles. The molecule has 0 fully saturated rings. The molecule has 1 aromatic rings. The molecule has 1 rings (SSSR count). The highest BCUT2D eigenvalue weighted by atomic mass is 35.5. The lowest BCUT2D eigenvalue weighted by Gasteiger charge is -2.09. The number of hydrogen-bond acceptors (Lipinski definition) is 3. The van der Waals surface area contributed by atoms with Crippen LogP contribution < -0.4 is 4.18 Å². The van der Waals surface area contributed by atoms with Gasteiger partial charge < -0.3 is 4.18 Å². The van der Waals surface area contributed by atoms with E-state index in [2.05, 4.69) is 4.18 Å². The first-order valence-electron chi connectivity index (χ1n) is 3.49. The largest absolute Gasteiger partial charge is 0.534 e. The zero-order valence-electron chi connectivity index (χ0n) is 6.95. The highest BCUT2D eigenvalue weighted by Crippen LogP contribution is 2.27. The summed E-state index contributed by atoms with van der Waals surface area (Å²) in [5, 5.41) is 0.0740. The van der Waals surface area contributed by atoms with Gasteiger partial charge in [-0.3, -0.25) is 0 Å². The molecule has 0 atom stereocenters. The summed E-state index contributed by atoms with van der Waals surface area (Å²) in [6.07, 6.45) is 0. The van der Waals surface area contributed by atoms with Crippen LogP contribution in [-0.4, -0.2) is 13.9 Å². The third kappa shape index (κ3) is 3.00. The molecule has 15 heavy (non-hydrogen) atoms. The summed E-state index contributed by atoms with van der Waals surface area (Å²) in [7, 11) is -5.63. The zero-order valence-corrected chi connectivity index (χ0v) is 8.53. The molecular formula is C7H4ClF3O3S. The van der Waals surface area contributed by atoms with Gasteiger partial charge in [-0.2, -0.15) is 21.6 Å². The molecule has 8 heteroatoms. The molecule has 0 bridgehead atoms. The van der Waals surface area contributed by atoms with Crippen molar-refractivity contribution in [2.75, 3.05) is 0 Å². The molecule has 0 heterocycles. The highest BCUT2D eigenvalue weighted by molar-refractivity contribution is 7.87. The van der Waals surface area contributed by atoms with Crippen molar-refractivity contribution in [3.63, 3.8) is 0 Å². The average molecular weight is 261 g/mol. The Kier molecular flexibility index (Phi) is 3.15. The normalized spacial score (nSPS) is 12.5. The quantitative estimate of drug-likeness (QED) is 0.606. The second-order valence-electron chi connectivity index (χ2n) is 2.44. The summed E-state index contributed by atoms with van der Waals surface area (Å²) < 4.78 is 60.5. The molecule has 0 unspecified atom stereocenters. The van der Waals surface area contributed by atoms with Crippen molar-refractivity contribution >= 4 is 21.7 Å². The van der Waals surface area contributed by atoms with Crippen LogP contribution >= 0.6 is 11.6 Å². The van der Waals surface area contributed by atoms with Crippen LogP contribution in [-0.2, 0) is 10.1 Å². The Morgan fingerprint density at radius 3 is 2.33 bits per heavy atom. The van der Waals surface area contributed by atoms with Gasteiger partial charge in [0.25, 0.3) is 0 Å². The van der Waals surface area contributed by atoms with E-state index in [9.17, 15) is 21.6 Å². The van der Waals surface area contributed by atoms with Gasteiger partial charge in [-0.15, -0.1) is 0 Å². The van der Waals surface area contributed by atoms with Gasteiger partial charge in [0.1, 0.15) is 5.75 Å². The Morgan fingerprint density at radius 1 is 1.27 bits per heavy atom. The molecule has 0 aliphatic heterocycles. The van der Waals surface area contributed by atoms with Crippen LogP contribution in [0.5, 0.6) is 5.75 Å².